The van der Waals surface area contributed by atoms with Crippen molar-refractivity contribution in [1.82, 2.24) is 0 Å². The molecule has 0 aliphatic carbocycles. The summed E-state index contributed by atoms with van der Waals surface area (Å²) in [6.45, 7) is 0. The van der Waals surface area contributed by atoms with E-state index in [0.29, 0.717) is 6.07 Å². The molecule has 0 saturated heterocycles. The number of carbonyl (C=O) groups is 1. The summed E-state index contributed by atoms with van der Waals surface area (Å²) in [5.74, 6) is -17.3. The number of hydrogen-bond donors (Lipinski definition) is 2. The molecule has 1 aromatic carbocycles. The molecule has 1 amide bonds. The molecule has 0 aliphatic rings. The Morgan fingerprint density at radius 2 is 1.67 bits per heavy atom. The van der Waals surface area contributed by atoms with Crippen LogP contribution in [0.2, 0.25) is 5.02 Å². The van der Waals surface area contributed by atoms with Crippen LogP contribution in [0.5, 0.6) is 5.75 Å². The van der Waals surface area contributed by atoms with Crippen LogP contribution in [0.4, 0.5) is 42.1 Å². The molecule has 24 heavy (non-hydrogen) atoms. The van der Waals surface area contributed by atoms with E-state index in [4.69, 9.17) is 11.6 Å². The fraction of sp³-hybridized carbons (Fsp3) is 0.300. The Balaban J connectivity index is 3.21. The van der Waals surface area contributed by atoms with Gasteiger partial charge in [-0.25, -0.2) is 0 Å². The molecule has 1 aromatic rings. The molecule has 0 saturated carbocycles. The van der Waals surface area contributed by atoms with E-state index < -0.39 is 51.0 Å². The van der Waals surface area contributed by atoms with Crippen molar-refractivity contribution in [1.29, 1.82) is 0 Å². The molecule has 6 nitrogen and oxygen atoms in total. The number of nitro benzene ring substituents is 1. The number of phenols is 1. The highest BCUT2D eigenvalue weighted by molar-refractivity contribution is 6.33. The molecule has 0 fully saturated rings. The summed E-state index contributed by atoms with van der Waals surface area (Å²) in [5.41, 5.74) is -2.06. The van der Waals surface area contributed by atoms with Gasteiger partial charge >= 0.3 is 23.9 Å². The van der Waals surface area contributed by atoms with Crippen LogP contribution in [0.3, 0.4) is 0 Å². The normalized spacial score (nSPS) is 12.8. The van der Waals surface area contributed by atoms with E-state index in [-0.39, 0.29) is 6.07 Å². The summed E-state index contributed by atoms with van der Waals surface area (Å²) >= 11 is 5.34. The number of nitrogens with one attached hydrogen (secondary N) is 1. The first-order valence-corrected chi connectivity index (χ1v) is 5.81. The zero-order valence-electron chi connectivity index (χ0n) is 10.8. The minimum atomic E-state index is -6.73. The van der Waals surface area contributed by atoms with Crippen molar-refractivity contribution in [2.75, 3.05) is 5.32 Å². The Kier molecular flexibility index (Phi) is 4.90. The average Bonchev–Trinajstić information content (AvgIpc) is 2.40. The van der Waals surface area contributed by atoms with Gasteiger partial charge in [-0.05, 0) is 6.07 Å². The highest BCUT2D eigenvalue weighted by atomic mass is 35.5. The van der Waals surface area contributed by atoms with E-state index in [1.165, 1.54) is 0 Å². The molecule has 134 valence electrons. The highest BCUT2D eigenvalue weighted by Crippen LogP contribution is 2.47. The first-order chi connectivity index (χ1) is 10.6. The van der Waals surface area contributed by atoms with Gasteiger partial charge in [0, 0.05) is 0 Å². The SMILES string of the molecule is O=C(Nc1cc(Cl)c([N+](=O)[O-])cc1O)C(F)(F)C(F)(F)C(F)(F)F. The number of nitrogens with zero attached hydrogens (tertiary/aromatic N) is 1. The van der Waals surface area contributed by atoms with Gasteiger partial charge < -0.3 is 10.4 Å². The third-order valence-electron chi connectivity index (χ3n) is 2.55. The van der Waals surface area contributed by atoms with E-state index in [0.717, 1.165) is 5.32 Å². The summed E-state index contributed by atoms with van der Waals surface area (Å²) in [6, 6.07) is 0.604. The summed E-state index contributed by atoms with van der Waals surface area (Å²) in [6.07, 6.45) is -6.73. The molecule has 0 atom stereocenters. The number of amides is 1. The second-order valence-corrected chi connectivity index (χ2v) is 4.59. The third kappa shape index (κ3) is 3.29. The van der Waals surface area contributed by atoms with Gasteiger partial charge in [0.25, 0.3) is 5.69 Å². The van der Waals surface area contributed by atoms with Crippen molar-refractivity contribution in [3.63, 3.8) is 0 Å². The van der Waals surface area contributed by atoms with E-state index >= 15 is 0 Å². The average molecular weight is 385 g/mol. The van der Waals surface area contributed by atoms with Gasteiger partial charge in [-0.1, -0.05) is 11.6 Å². The van der Waals surface area contributed by atoms with Crippen LogP contribution in [0.15, 0.2) is 12.1 Å². The molecular weight excluding hydrogens is 381 g/mol. The van der Waals surface area contributed by atoms with E-state index in [2.05, 4.69) is 0 Å². The van der Waals surface area contributed by atoms with Gasteiger partial charge in [-0.15, -0.1) is 0 Å². The zero-order chi connectivity index (χ0) is 19.1. The molecule has 0 radical (unpaired) electrons. The molecule has 14 heteroatoms. The Morgan fingerprint density at radius 3 is 2.08 bits per heavy atom. The van der Waals surface area contributed by atoms with Gasteiger partial charge in [-0.2, -0.15) is 30.7 Å². The fourth-order valence-corrected chi connectivity index (χ4v) is 1.54. The Bertz CT molecular complexity index is 693. The Morgan fingerprint density at radius 1 is 1.17 bits per heavy atom. The lowest BCUT2D eigenvalue weighted by atomic mass is 10.1. The summed E-state index contributed by atoms with van der Waals surface area (Å²) < 4.78 is 87.5. The lowest BCUT2D eigenvalue weighted by molar-refractivity contribution is -0.384. The van der Waals surface area contributed by atoms with Crippen LogP contribution in [0, 0.1) is 10.1 Å². The number of rotatable bonds is 4. The smallest absolute Gasteiger partial charge is 0.460 e. The maximum atomic E-state index is 13.1. The van der Waals surface area contributed by atoms with Gasteiger partial charge in [0.05, 0.1) is 16.7 Å². The molecule has 0 heterocycles. The number of anilines is 1. The topological polar surface area (TPSA) is 92.5 Å². The monoisotopic (exact) mass is 384 g/mol. The predicted molar refractivity (Wildman–Crippen MR) is 64.3 cm³/mol. The number of aromatic hydroxyl groups is 1. The lowest BCUT2D eigenvalue weighted by Gasteiger charge is -2.27. The molecule has 0 spiro atoms. The van der Waals surface area contributed by atoms with Crippen molar-refractivity contribution in [3.8, 4) is 5.75 Å². The number of alkyl halides is 7. The Labute approximate surface area is 132 Å². The second kappa shape index (κ2) is 5.96. The first kappa shape index (κ1) is 19.7. The van der Waals surface area contributed by atoms with Gasteiger partial charge in [0.15, 0.2) is 0 Å². The van der Waals surface area contributed by atoms with Gasteiger partial charge in [0.2, 0.25) is 0 Å². The molecule has 1 rings (SSSR count). The quantitative estimate of drug-likeness (QED) is 0.358. The van der Waals surface area contributed by atoms with Gasteiger partial charge in [0.1, 0.15) is 10.8 Å². The van der Waals surface area contributed by atoms with Crippen LogP contribution in [0.25, 0.3) is 0 Å². The maximum Gasteiger partial charge on any atom is 0.460 e. The predicted octanol–water partition coefficient (Wildman–Crippen LogP) is 3.73. The minimum Gasteiger partial charge on any atom is -0.506 e. The molecular formula is C10H4ClF7N2O4. The standard InChI is InChI=1S/C10H4ClF7N2O4/c11-3-1-4(6(21)2-5(3)20(23)24)19-7(22)8(12,13)9(14,15)10(16,17)18/h1-2,21H,(H,19,22). The van der Waals surface area contributed by atoms with E-state index in [1.807, 2.05) is 0 Å². The van der Waals surface area contributed by atoms with Crippen molar-refractivity contribution < 1.29 is 45.6 Å². The summed E-state index contributed by atoms with van der Waals surface area (Å²) in [5, 5.41) is 19.9. The molecule has 0 unspecified atom stereocenters. The Hall–Kier alpha value is -2.31. The third-order valence-corrected chi connectivity index (χ3v) is 2.85. The van der Waals surface area contributed by atoms with E-state index in [1.54, 1.807) is 0 Å². The van der Waals surface area contributed by atoms with Crippen LogP contribution in [-0.2, 0) is 4.79 Å². The zero-order valence-corrected chi connectivity index (χ0v) is 11.6. The number of halogens is 8. The van der Waals surface area contributed by atoms with E-state index in [9.17, 15) is 50.7 Å². The van der Waals surface area contributed by atoms with Crippen LogP contribution >= 0.6 is 11.6 Å². The summed E-state index contributed by atoms with van der Waals surface area (Å²) in [4.78, 5) is 20.5. The lowest BCUT2D eigenvalue weighted by Crippen LogP contribution is -2.57. The van der Waals surface area contributed by atoms with Gasteiger partial charge in [-0.3, -0.25) is 14.9 Å². The molecule has 0 aliphatic heterocycles. The fourth-order valence-electron chi connectivity index (χ4n) is 1.31. The van der Waals surface area contributed by atoms with Crippen LogP contribution < -0.4 is 5.32 Å². The first-order valence-electron chi connectivity index (χ1n) is 5.43. The number of hydrogen-bond acceptors (Lipinski definition) is 4. The molecule has 0 aromatic heterocycles. The number of phenolic OH excluding ortho intramolecular Hbond substituents is 1. The largest absolute Gasteiger partial charge is 0.506 e. The summed E-state index contributed by atoms with van der Waals surface area (Å²) in [7, 11) is 0. The minimum absolute atomic E-state index is 0.276. The molecule has 0 bridgehead atoms. The number of carbonyl (C=O) groups excluding carboxylic acids is 1. The maximum absolute atomic E-state index is 13.1. The highest BCUT2D eigenvalue weighted by Gasteiger charge is 2.76. The number of nitro groups is 1. The number of benzene rings is 1. The van der Waals surface area contributed by atoms with Crippen molar-refractivity contribution in [3.05, 3.63) is 27.3 Å². The van der Waals surface area contributed by atoms with Crippen LogP contribution in [0.1, 0.15) is 0 Å². The molecule has 2 N–H and O–H groups in total. The van der Waals surface area contributed by atoms with Crippen molar-refractivity contribution in [2.45, 2.75) is 18.0 Å². The van der Waals surface area contributed by atoms with Crippen LogP contribution in [-0.4, -0.2) is 34.0 Å². The van der Waals surface area contributed by atoms with Crippen molar-refractivity contribution >= 4 is 28.9 Å². The second-order valence-electron chi connectivity index (χ2n) is 4.18. The van der Waals surface area contributed by atoms with Crippen molar-refractivity contribution in [2.24, 2.45) is 0 Å².